The average Bonchev–Trinajstić information content (AvgIpc) is 3.03. The van der Waals surface area contributed by atoms with Crippen molar-refractivity contribution in [3.8, 4) is 11.5 Å². The van der Waals surface area contributed by atoms with Crippen molar-refractivity contribution in [2.24, 2.45) is 0 Å². The average molecular weight is 636 g/mol. The van der Waals surface area contributed by atoms with Crippen LogP contribution in [0.2, 0.25) is 0 Å². The van der Waals surface area contributed by atoms with Crippen molar-refractivity contribution < 1.29 is 37.0 Å². The molecule has 0 aliphatic rings. The first-order valence-electron chi connectivity index (χ1n) is 13.4. The van der Waals surface area contributed by atoms with Crippen LogP contribution in [0.3, 0.4) is 0 Å². The Kier molecular flexibility index (Phi) is 10.9. The largest absolute Gasteiger partial charge is 0.493 e. The van der Waals surface area contributed by atoms with Crippen LogP contribution in [0.1, 0.15) is 21.5 Å². The maximum Gasteiger partial charge on any atom is 0.416 e. The van der Waals surface area contributed by atoms with E-state index in [0.29, 0.717) is 33.2 Å². The molecule has 12 heteroatoms. The van der Waals surface area contributed by atoms with E-state index < -0.39 is 29.5 Å². The Morgan fingerprint density at radius 1 is 0.800 bits per heavy atom. The van der Waals surface area contributed by atoms with Crippen LogP contribution in [0.4, 0.5) is 24.5 Å². The van der Waals surface area contributed by atoms with Gasteiger partial charge in [-0.1, -0.05) is 42.5 Å². The summed E-state index contributed by atoms with van der Waals surface area (Å²) in [4.78, 5) is 39.5. The number of nitrogens with one attached hydrogen (secondary N) is 3. The van der Waals surface area contributed by atoms with E-state index in [2.05, 4.69) is 16.0 Å². The summed E-state index contributed by atoms with van der Waals surface area (Å²) in [5.74, 6) is -0.941. The summed E-state index contributed by atoms with van der Waals surface area (Å²) >= 11 is 1.13. The molecule has 0 spiro atoms. The van der Waals surface area contributed by atoms with Gasteiger partial charge in [-0.05, 0) is 60.7 Å². The lowest BCUT2D eigenvalue weighted by Gasteiger charge is -2.14. The van der Waals surface area contributed by atoms with Gasteiger partial charge in [-0.2, -0.15) is 13.2 Å². The van der Waals surface area contributed by atoms with Crippen LogP contribution in [0.25, 0.3) is 6.08 Å². The quantitative estimate of drug-likeness (QED) is 0.123. The molecule has 0 saturated heterocycles. The van der Waals surface area contributed by atoms with Crippen LogP contribution in [0, 0.1) is 0 Å². The number of hydrogen-bond donors (Lipinski definition) is 3. The lowest BCUT2D eigenvalue weighted by molar-refractivity contribution is -0.137. The second kappa shape index (κ2) is 15.0. The number of alkyl halides is 3. The van der Waals surface area contributed by atoms with Gasteiger partial charge in [0.1, 0.15) is 5.70 Å². The Balaban J connectivity index is 1.49. The number of halogens is 3. The van der Waals surface area contributed by atoms with E-state index in [0.717, 1.165) is 23.9 Å². The van der Waals surface area contributed by atoms with Gasteiger partial charge in [0.2, 0.25) is 5.91 Å². The van der Waals surface area contributed by atoms with Crippen molar-refractivity contribution in [1.29, 1.82) is 0 Å². The maximum absolute atomic E-state index is 13.5. The fourth-order valence-corrected chi connectivity index (χ4v) is 4.86. The normalized spacial score (nSPS) is 11.4. The summed E-state index contributed by atoms with van der Waals surface area (Å²) < 4.78 is 49.8. The molecule has 0 atom stereocenters. The molecule has 45 heavy (non-hydrogen) atoms. The number of carbonyl (C=O) groups excluding carboxylic acids is 3. The van der Waals surface area contributed by atoms with Crippen molar-refractivity contribution in [2.75, 3.05) is 30.6 Å². The van der Waals surface area contributed by atoms with E-state index in [-0.39, 0.29) is 17.1 Å². The Hall–Kier alpha value is -5.23. The molecular formula is C33H28F3N3O5S. The predicted octanol–water partition coefficient (Wildman–Crippen LogP) is 6.86. The number of ether oxygens (including phenoxy) is 2. The SMILES string of the molecule is COc1cccc(/C=C(/NC(=O)c2ccccc2)C(=O)Nc2cccc(SCC(=O)Nc3cccc(C(F)(F)F)c3)c2)c1OC. The zero-order chi connectivity index (χ0) is 32.4. The summed E-state index contributed by atoms with van der Waals surface area (Å²) in [7, 11) is 2.94. The first-order chi connectivity index (χ1) is 21.6. The van der Waals surface area contributed by atoms with E-state index in [1.165, 1.54) is 32.4 Å². The highest BCUT2D eigenvalue weighted by Crippen LogP contribution is 2.33. The van der Waals surface area contributed by atoms with Crippen LogP contribution in [0.15, 0.2) is 108 Å². The standard InChI is InChI=1S/C33H28F3N3O5S/c1-43-28-16-6-11-22(30(28)44-2)17-27(39-31(41)21-9-4-3-5-10-21)32(42)38-25-14-8-15-26(19-25)45-20-29(40)37-24-13-7-12-23(18-24)33(34,35)36/h3-19H,20H2,1-2H3,(H,37,40)(H,38,42)(H,39,41)/b27-17+. The minimum Gasteiger partial charge on any atom is -0.493 e. The van der Waals surface area contributed by atoms with Gasteiger partial charge in [0, 0.05) is 27.4 Å². The molecule has 232 valence electrons. The molecule has 0 saturated carbocycles. The van der Waals surface area contributed by atoms with E-state index in [1.807, 2.05) is 0 Å². The van der Waals surface area contributed by atoms with Crippen LogP contribution in [-0.4, -0.2) is 37.7 Å². The third kappa shape index (κ3) is 9.13. The van der Waals surface area contributed by atoms with Gasteiger partial charge >= 0.3 is 6.18 Å². The number of methoxy groups -OCH3 is 2. The molecule has 8 nitrogen and oxygen atoms in total. The van der Waals surface area contributed by atoms with Gasteiger partial charge in [-0.25, -0.2) is 0 Å². The number of anilines is 2. The number of thioether (sulfide) groups is 1. The smallest absolute Gasteiger partial charge is 0.416 e. The predicted molar refractivity (Wildman–Crippen MR) is 167 cm³/mol. The monoisotopic (exact) mass is 635 g/mol. The van der Waals surface area contributed by atoms with E-state index >= 15 is 0 Å². The molecule has 3 amide bonds. The molecule has 0 unspecified atom stereocenters. The number of rotatable bonds is 11. The van der Waals surface area contributed by atoms with Crippen molar-refractivity contribution in [2.45, 2.75) is 11.1 Å². The fourth-order valence-electron chi connectivity index (χ4n) is 4.10. The molecule has 0 aromatic heterocycles. The van der Waals surface area contributed by atoms with Gasteiger partial charge in [0.15, 0.2) is 11.5 Å². The van der Waals surface area contributed by atoms with Crippen molar-refractivity contribution in [3.63, 3.8) is 0 Å². The fraction of sp³-hybridized carbons (Fsp3) is 0.121. The third-order valence-electron chi connectivity index (χ3n) is 6.20. The minimum absolute atomic E-state index is 0.0287. The van der Waals surface area contributed by atoms with Crippen LogP contribution in [-0.2, 0) is 15.8 Å². The molecule has 4 aromatic rings. The second-order valence-electron chi connectivity index (χ2n) is 9.36. The van der Waals surface area contributed by atoms with Crippen LogP contribution >= 0.6 is 11.8 Å². The van der Waals surface area contributed by atoms with Gasteiger partial charge < -0.3 is 25.4 Å². The van der Waals surface area contributed by atoms with Gasteiger partial charge in [-0.3, -0.25) is 14.4 Å². The Labute approximate surface area is 261 Å². The molecule has 0 fully saturated rings. The van der Waals surface area contributed by atoms with Crippen LogP contribution in [0.5, 0.6) is 11.5 Å². The van der Waals surface area contributed by atoms with Crippen molar-refractivity contribution in [3.05, 3.63) is 119 Å². The summed E-state index contributed by atoms with van der Waals surface area (Å²) in [6.45, 7) is 0. The molecule has 0 aliphatic heterocycles. The first-order valence-corrected chi connectivity index (χ1v) is 14.4. The third-order valence-corrected chi connectivity index (χ3v) is 7.19. The Morgan fingerprint density at radius 2 is 1.49 bits per heavy atom. The van der Waals surface area contributed by atoms with Gasteiger partial charge in [-0.15, -0.1) is 11.8 Å². The molecule has 3 N–H and O–H groups in total. The summed E-state index contributed by atoms with van der Waals surface area (Å²) in [6, 6.07) is 24.5. The lowest BCUT2D eigenvalue weighted by Crippen LogP contribution is -2.30. The molecule has 0 heterocycles. The van der Waals surface area contributed by atoms with Crippen molar-refractivity contribution >= 4 is 46.9 Å². The number of carbonyl (C=O) groups is 3. The topological polar surface area (TPSA) is 106 Å². The van der Waals surface area contributed by atoms with Gasteiger partial charge in [0.25, 0.3) is 11.8 Å². The second-order valence-corrected chi connectivity index (χ2v) is 10.4. The molecule has 4 rings (SSSR count). The zero-order valence-corrected chi connectivity index (χ0v) is 24.9. The Bertz CT molecular complexity index is 1710. The molecule has 0 bridgehead atoms. The summed E-state index contributed by atoms with van der Waals surface area (Å²) in [6.07, 6.45) is -3.06. The van der Waals surface area contributed by atoms with E-state index in [4.69, 9.17) is 9.47 Å². The van der Waals surface area contributed by atoms with Gasteiger partial charge in [0.05, 0.1) is 25.5 Å². The van der Waals surface area contributed by atoms with E-state index in [9.17, 15) is 27.6 Å². The number of para-hydroxylation sites is 1. The number of benzene rings is 4. The number of hydrogen-bond acceptors (Lipinski definition) is 6. The zero-order valence-electron chi connectivity index (χ0n) is 24.1. The maximum atomic E-state index is 13.5. The lowest BCUT2D eigenvalue weighted by atomic mass is 10.1. The highest BCUT2D eigenvalue weighted by atomic mass is 32.2. The Morgan fingerprint density at radius 3 is 2.18 bits per heavy atom. The summed E-state index contributed by atoms with van der Waals surface area (Å²) in [5, 5.41) is 7.89. The molecule has 4 aromatic carbocycles. The summed E-state index contributed by atoms with van der Waals surface area (Å²) in [5.41, 5.74) is 0.285. The highest BCUT2D eigenvalue weighted by Gasteiger charge is 2.30. The first kappa shape index (κ1) is 32.7. The molecule has 0 aliphatic carbocycles. The van der Waals surface area contributed by atoms with E-state index in [1.54, 1.807) is 72.8 Å². The highest BCUT2D eigenvalue weighted by molar-refractivity contribution is 8.00. The van der Waals surface area contributed by atoms with Crippen LogP contribution < -0.4 is 25.4 Å². The van der Waals surface area contributed by atoms with Crippen molar-refractivity contribution in [1.82, 2.24) is 5.32 Å². The number of amides is 3. The minimum atomic E-state index is -4.53. The molecular weight excluding hydrogens is 607 g/mol. The molecule has 0 radical (unpaired) electrons.